The van der Waals surface area contributed by atoms with Gasteiger partial charge in [-0.05, 0) is 35.9 Å². The predicted molar refractivity (Wildman–Crippen MR) is 125 cm³/mol. The number of benzene rings is 2. The summed E-state index contributed by atoms with van der Waals surface area (Å²) in [7, 11) is 0. The number of para-hydroxylation sites is 1. The highest BCUT2D eigenvalue weighted by Crippen LogP contribution is 2.48. The van der Waals surface area contributed by atoms with Gasteiger partial charge in [0, 0.05) is 21.9 Å². The Morgan fingerprint density at radius 1 is 0.968 bits per heavy atom. The second-order valence-corrected chi connectivity index (χ2v) is 10.4. The van der Waals surface area contributed by atoms with E-state index in [0.717, 1.165) is 27.5 Å². The lowest BCUT2D eigenvalue weighted by Gasteiger charge is -2.15. The maximum atomic E-state index is 13.1. The SMILES string of the molecule is O=C(COc1ccccc1C1SCCS1)NNC(=O)c1ccc(-c2ccc(F)cc2)s1. The van der Waals surface area contributed by atoms with Gasteiger partial charge in [0.05, 0.1) is 9.46 Å². The summed E-state index contributed by atoms with van der Waals surface area (Å²) in [6, 6.07) is 17.2. The summed E-state index contributed by atoms with van der Waals surface area (Å²) in [6.45, 7) is -0.204. The van der Waals surface area contributed by atoms with Gasteiger partial charge in [-0.15, -0.1) is 34.9 Å². The van der Waals surface area contributed by atoms with Crippen LogP contribution in [-0.2, 0) is 4.79 Å². The van der Waals surface area contributed by atoms with Crippen LogP contribution in [0.25, 0.3) is 10.4 Å². The van der Waals surface area contributed by atoms with E-state index in [-0.39, 0.29) is 12.4 Å². The molecule has 1 aromatic heterocycles. The molecular weight excluding hydrogens is 455 g/mol. The Morgan fingerprint density at radius 2 is 1.71 bits per heavy atom. The van der Waals surface area contributed by atoms with Crippen molar-refractivity contribution in [2.75, 3.05) is 18.1 Å². The van der Waals surface area contributed by atoms with E-state index >= 15 is 0 Å². The summed E-state index contributed by atoms with van der Waals surface area (Å²) in [5, 5.41) is 0. The first-order chi connectivity index (χ1) is 15.1. The third-order valence-corrected chi connectivity index (χ3v) is 8.63. The Bertz CT molecular complexity index is 1070. The van der Waals surface area contributed by atoms with Crippen molar-refractivity contribution < 1.29 is 18.7 Å². The molecule has 2 aromatic carbocycles. The van der Waals surface area contributed by atoms with Crippen molar-refractivity contribution in [3.63, 3.8) is 0 Å². The first-order valence-corrected chi connectivity index (χ1v) is 12.4. The molecule has 160 valence electrons. The van der Waals surface area contributed by atoms with Gasteiger partial charge in [-0.25, -0.2) is 4.39 Å². The summed E-state index contributed by atoms with van der Waals surface area (Å²) >= 11 is 4.99. The molecule has 1 aliphatic heterocycles. The van der Waals surface area contributed by atoms with Crippen molar-refractivity contribution in [2.24, 2.45) is 0 Å². The number of thioether (sulfide) groups is 2. The molecule has 2 N–H and O–H groups in total. The molecule has 1 fully saturated rings. The molecular formula is C22H19FN2O3S3. The van der Waals surface area contributed by atoms with Crippen LogP contribution in [-0.4, -0.2) is 29.9 Å². The monoisotopic (exact) mass is 474 g/mol. The van der Waals surface area contributed by atoms with Crippen LogP contribution in [0, 0.1) is 5.82 Å². The number of carbonyl (C=O) groups is 2. The number of hydrogen-bond acceptors (Lipinski definition) is 6. The average molecular weight is 475 g/mol. The van der Waals surface area contributed by atoms with Gasteiger partial charge in [-0.3, -0.25) is 20.4 Å². The molecule has 0 aliphatic carbocycles. The van der Waals surface area contributed by atoms with Crippen LogP contribution in [0.5, 0.6) is 5.75 Å². The topological polar surface area (TPSA) is 67.4 Å². The van der Waals surface area contributed by atoms with Crippen LogP contribution < -0.4 is 15.6 Å². The van der Waals surface area contributed by atoms with Gasteiger partial charge in [0.15, 0.2) is 6.61 Å². The molecule has 0 unspecified atom stereocenters. The Morgan fingerprint density at radius 3 is 2.48 bits per heavy atom. The number of hydrazine groups is 1. The van der Waals surface area contributed by atoms with Crippen LogP contribution in [0.4, 0.5) is 4.39 Å². The first kappa shape index (κ1) is 21.7. The molecule has 0 atom stereocenters. The molecule has 0 bridgehead atoms. The zero-order valence-corrected chi connectivity index (χ0v) is 18.7. The van der Waals surface area contributed by atoms with Gasteiger partial charge in [0.1, 0.15) is 11.6 Å². The predicted octanol–water partition coefficient (Wildman–Crippen LogP) is 4.87. The fraction of sp³-hybridized carbons (Fsp3) is 0.182. The lowest BCUT2D eigenvalue weighted by molar-refractivity contribution is -0.123. The number of amides is 2. The minimum Gasteiger partial charge on any atom is -0.483 e. The number of carbonyl (C=O) groups excluding carboxylic acids is 2. The summed E-state index contributed by atoms with van der Waals surface area (Å²) < 4.78 is 19.1. The summed E-state index contributed by atoms with van der Waals surface area (Å²) in [6.07, 6.45) is 0. The Labute approximate surface area is 191 Å². The third kappa shape index (κ3) is 5.61. The van der Waals surface area contributed by atoms with Gasteiger partial charge in [-0.1, -0.05) is 30.3 Å². The van der Waals surface area contributed by atoms with Crippen LogP contribution in [0.1, 0.15) is 19.8 Å². The van der Waals surface area contributed by atoms with E-state index in [9.17, 15) is 14.0 Å². The molecule has 1 aliphatic rings. The van der Waals surface area contributed by atoms with E-state index in [2.05, 4.69) is 10.9 Å². The number of hydrogen-bond donors (Lipinski definition) is 2. The largest absolute Gasteiger partial charge is 0.483 e. The maximum absolute atomic E-state index is 13.1. The number of ether oxygens (including phenoxy) is 1. The minimum atomic E-state index is -0.454. The van der Waals surface area contributed by atoms with Crippen molar-refractivity contribution >= 4 is 46.7 Å². The van der Waals surface area contributed by atoms with E-state index in [1.165, 1.54) is 23.5 Å². The van der Waals surface area contributed by atoms with E-state index in [1.807, 2.05) is 47.8 Å². The molecule has 5 nitrogen and oxygen atoms in total. The van der Waals surface area contributed by atoms with Gasteiger partial charge < -0.3 is 4.74 Å². The quantitative estimate of drug-likeness (QED) is 0.499. The van der Waals surface area contributed by atoms with Crippen LogP contribution in [0.2, 0.25) is 0 Å². The second-order valence-electron chi connectivity index (χ2n) is 6.57. The minimum absolute atomic E-state index is 0.204. The molecule has 0 radical (unpaired) electrons. The number of thiophene rings is 1. The molecule has 0 saturated carbocycles. The molecule has 1 saturated heterocycles. The lowest BCUT2D eigenvalue weighted by atomic mass is 10.2. The van der Waals surface area contributed by atoms with Crippen molar-refractivity contribution in [1.82, 2.24) is 10.9 Å². The highest BCUT2D eigenvalue weighted by atomic mass is 32.2. The van der Waals surface area contributed by atoms with Gasteiger partial charge in [0.2, 0.25) is 0 Å². The number of rotatable bonds is 6. The molecule has 2 amide bonds. The smallest absolute Gasteiger partial charge is 0.279 e. The fourth-order valence-corrected chi connectivity index (χ4v) is 6.76. The molecule has 4 rings (SSSR count). The summed E-state index contributed by atoms with van der Waals surface area (Å²) in [5.74, 6) is 1.68. The highest BCUT2D eigenvalue weighted by molar-refractivity contribution is 8.19. The van der Waals surface area contributed by atoms with Crippen molar-refractivity contribution in [1.29, 1.82) is 0 Å². The lowest BCUT2D eigenvalue weighted by Crippen LogP contribution is -2.43. The highest BCUT2D eigenvalue weighted by Gasteiger charge is 2.22. The molecule has 0 spiro atoms. The number of halogens is 1. The maximum Gasteiger partial charge on any atom is 0.279 e. The Balaban J connectivity index is 1.29. The average Bonchev–Trinajstić information content (AvgIpc) is 3.49. The van der Waals surface area contributed by atoms with Gasteiger partial charge in [-0.2, -0.15) is 0 Å². The van der Waals surface area contributed by atoms with E-state index < -0.39 is 11.8 Å². The zero-order chi connectivity index (χ0) is 21.6. The van der Waals surface area contributed by atoms with E-state index in [4.69, 9.17) is 4.74 Å². The van der Waals surface area contributed by atoms with E-state index in [0.29, 0.717) is 15.2 Å². The molecule has 9 heteroatoms. The molecule has 3 aromatic rings. The molecule has 2 heterocycles. The third-order valence-electron chi connectivity index (χ3n) is 4.43. The van der Waals surface area contributed by atoms with Crippen LogP contribution in [0.15, 0.2) is 60.7 Å². The van der Waals surface area contributed by atoms with Gasteiger partial charge in [0.25, 0.3) is 11.8 Å². The van der Waals surface area contributed by atoms with Crippen molar-refractivity contribution in [3.05, 3.63) is 76.9 Å². The normalized spacial score (nSPS) is 13.7. The molecule has 31 heavy (non-hydrogen) atoms. The number of nitrogens with one attached hydrogen (secondary N) is 2. The standard InChI is InChI=1S/C22H19FN2O3S3/c23-15-7-5-14(6-8-15)18-9-10-19(31-18)21(27)25-24-20(26)13-28-17-4-2-1-3-16(17)22-29-11-12-30-22/h1-10,22H,11-13H2,(H,24,26)(H,25,27). The summed E-state index contributed by atoms with van der Waals surface area (Å²) in [4.78, 5) is 25.7. The van der Waals surface area contributed by atoms with Crippen molar-refractivity contribution in [3.8, 4) is 16.2 Å². The first-order valence-electron chi connectivity index (χ1n) is 9.50. The fourth-order valence-electron chi connectivity index (χ4n) is 2.94. The zero-order valence-electron chi connectivity index (χ0n) is 16.3. The van der Waals surface area contributed by atoms with E-state index in [1.54, 1.807) is 24.3 Å². The van der Waals surface area contributed by atoms with Crippen LogP contribution >= 0.6 is 34.9 Å². The Hall–Kier alpha value is -2.49. The Kier molecular flexibility index (Phi) is 7.16. The second kappa shape index (κ2) is 10.2. The van der Waals surface area contributed by atoms with Crippen LogP contribution in [0.3, 0.4) is 0 Å². The van der Waals surface area contributed by atoms with Crippen molar-refractivity contribution in [2.45, 2.75) is 4.58 Å². The summed E-state index contributed by atoms with van der Waals surface area (Å²) in [5.41, 5.74) is 6.67. The van der Waals surface area contributed by atoms with Gasteiger partial charge >= 0.3 is 0 Å².